The highest BCUT2D eigenvalue weighted by molar-refractivity contribution is 7.91. The highest BCUT2D eigenvalue weighted by Crippen LogP contribution is 2.25. The average Bonchev–Trinajstić information content (AvgIpc) is 2.55. The molecule has 1 unspecified atom stereocenters. The van der Waals surface area contributed by atoms with Gasteiger partial charge in [0.2, 0.25) is 0 Å². The van der Waals surface area contributed by atoms with E-state index in [1.807, 2.05) is 18.3 Å². The van der Waals surface area contributed by atoms with E-state index >= 15 is 0 Å². The van der Waals surface area contributed by atoms with E-state index < -0.39 is 9.84 Å². The summed E-state index contributed by atoms with van der Waals surface area (Å²) in [6, 6.07) is 6.98. The molecule has 6 heteroatoms. The van der Waals surface area contributed by atoms with Crippen molar-refractivity contribution in [1.29, 1.82) is 0 Å². The third kappa shape index (κ3) is 3.67. The number of likely N-dealkylation sites (tertiary alicyclic amines) is 1. The van der Waals surface area contributed by atoms with E-state index in [9.17, 15) is 8.42 Å². The van der Waals surface area contributed by atoms with E-state index in [4.69, 9.17) is 0 Å². The minimum atomic E-state index is -2.77. The van der Waals surface area contributed by atoms with Crippen molar-refractivity contribution in [3.8, 4) is 0 Å². The summed E-state index contributed by atoms with van der Waals surface area (Å²) >= 11 is 0. The third-order valence-electron chi connectivity index (χ3n) is 5.06. The molecule has 2 saturated heterocycles. The van der Waals surface area contributed by atoms with Crippen molar-refractivity contribution < 1.29 is 8.42 Å². The molecular weight excluding hydrogens is 298 g/mol. The minimum Gasteiger partial charge on any atom is -0.298 e. The summed E-state index contributed by atoms with van der Waals surface area (Å²) in [6.45, 7) is 5.76. The van der Waals surface area contributed by atoms with Crippen LogP contribution in [0.3, 0.4) is 0 Å². The lowest BCUT2D eigenvalue weighted by atomic mass is 10.0. The summed E-state index contributed by atoms with van der Waals surface area (Å²) in [7, 11) is -2.77. The Hall–Kier alpha value is -0.980. The second kappa shape index (κ2) is 6.64. The molecule has 1 atom stereocenters. The van der Waals surface area contributed by atoms with Gasteiger partial charge in [0, 0.05) is 44.5 Å². The Labute approximate surface area is 133 Å². The van der Waals surface area contributed by atoms with E-state index in [-0.39, 0.29) is 0 Å². The van der Waals surface area contributed by atoms with Crippen molar-refractivity contribution >= 4 is 9.84 Å². The Morgan fingerprint density at radius 3 is 2.41 bits per heavy atom. The Bertz CT molecular complexity index is 569. The highest BCUT2D eigenvalue weighted by Gasteiger charge is 2.31. The van der Waals surface area contributed by atoms with Crippen LogP contribution < -0.4 is 0 Å². The van der Waals surface area contributed by atoms with Crippen LogP contribution in [0.1, 0.15) is 31.5 Å². The Balaban J connectivity index is 1.52. The van der Waals surface area contributed by atoms with Gasteiger partial charge < -0.3 is 0 Å². The van der Waals surface area contributed by atoms with Crippen molar-refractivity contribution in [1.82, 2.24) is 14.8 Å². The van der Waals surface area contributed by atoms with E-state index in [2.05, 4.69) is 27.8 Å². The molecule has 0 aliphatic carbocycles. The monoisotopic (exact) mass is 323 g/mol. The molecule has 0 aromatic carbocycles. The minimum absolute atomic E-state index is 0.331. The SMILES string of the molecule is CC(c1ccccn1)N1CCC(N2CCS(=O)(=O)CC2)CC1. The van der Waals surface area contributed by atoms with Gasteiger partial charge in [0.1, 0.15) is 0 Å². The Morgan fingerprint density at radius 2 is 1.82 bits per heavy atom. The fourth-order valence-corrected chi connectivity index (χ4v) is 4.77. The van der Waals surface area contributed by atoms with Crippen LogP contribution in [0.5, 0.6) is 0 Å². The van der Waals surface area contributed by atoms with Crippen LogP contribution in [0.2, 0.25) is 0 Å². The summed E-state index contributed by atoms with van der Waals surface area (Å²) < 4.78 is 23.1. The molecule has 2 aliphatic heterocycles. The normalized spacial score (nSPS) is 25.9. The zero-order valence-electron chi connectivity index (χ0n) is 13.2. The number of aromatic nitrogens is 1. The van der Waals surface area contributed by atoms with Crippen molar-refractivity contribution in [2.75, 3.05) is 37.7 Å². The average molecular weight is 323 g/mol. The standard InChI is InChI=1S/C16H25N3O2S/c1-14(16-4-2-3-7-17-16)18-8-5-15(6-9-18)19-10-12-22(20,21)13-11-19/h2-4,7,14-15H,5-6,8-13H2,1H3. The fraction of sp³-hybridized carbons (Fsp3) is 0.688. The first-order valence-corrected chi connectivity index (χ1v) is 9.97. The first-order chi connectivity index (χ1) is 10.6. The molecule has 0 radical (unpaired) electrons. The lowest BCUT2D eigenvalue weighted by molar-refractivity contribution is 0.0915. The van der Waals surface area contributed by atoms with Crippen LogP contribution >= 0.6 is 0 Å². The molecule has 2 fully saturated rings. The van der Waals surface area contributed by atoms with Crippen LogP contribution in [-0.2, 0) is 9.84 Å². The molecule has 22 heavy (non-hydrogen) atoms. The van der Waals surface area contributed by atoms with Crippen molar-refractivity contribution in [3.63, 3.8) is 0 Å². The highest BCUT2D eigenvalue weighted by atomic mass is 32.2. The Kier molecular flexibility index (Phi) is 4.80. The van der Waals surface area contributed by atoms with Gasteiger partial charge in [-0.05, 0) is 31.9 Å². The number of rotatable bonds is 3. The van der Waals surface area contributed by atoms with Crippen LogP contribution in [0, 0.1) is 0 Å². The fourth-order valence-electron chi connectivity index (χ4n) is 3.54. The third-order valence-corrected chi connectivity index (χ3v) is 6.67. The smallest absolute Gasteiger partial charge is 0.152 e. The summed E-state index contributed by atoms with van der Waals surface area (Å²) in [5.74, 6) is 0.662. The van der Waals surface area contributed by atoms with E-state index in [0.29, 0.717) is 36.7 Å². The van der Waals surface area contributed by atoms with Gasteiger partial charge in [0.15, 0.2) is 9.84 Å². The number of hydrogen-bond donors (Lipinski definition) is 0. The molecule has 1 aromatic heterocycles. The molecule has 0 amide bonds. The van der Waals surface area contributed by atoms with Gasteiger partial charge in [-0.15, -0.1) is 0 Å². The molecule has 122 valence electrons. The van der Waals surface area contributed by atoms with E-state index in [0.717, 1.165) is 31.6 Å². The van der Waals surface area contributed by atoms with Crippen molar-refractivity contribution in [3.05, 3.63) is 30.1 Å². The van der Waals surface area contributed by atoms with Gasteiger partial charge in [0.05, 0.1) is 17.2 Å². The maximum Gasteiger partial charge on any atom is 0.152 e. The number of piperidine rings is 1. The summed E-state index contributed by atoms with van der Waals surface area (Å²) in [5, 5.41) is 0. The van der Waals surface area contributed by atoms with Crippen molar-refractivity contribution in [2.24, 2.45) is 0 Å². The maximum atomic E-state index is 11.5. The summed E-state index contributed by atoms with van der Waals surface area (Å²) in [6.07, 6.45) is 4.10. The van der Waals surface area contributed by atoms with Crippen molar-refractivity contribution in [2.45, 2.75) is 31.8 Å². The number of sulfone groups is 1. The summed E-state index contributed by atoms with van der Waals surface area (Å²) in [5.41, 5.74) is 1.13. The molecule has 0 bridgehead atoms. The van der Waals surface area contributed by atoms with Gasteiger partial charge in [-0.1, -0.05) is 6.07 Å². The van der Waals surface area contributed by atoms with Crippen LogP contribution in [0.15, 0.2) is 24.4 Å². The van der Waals surface area contributed by atoms with Gasteiger partial charge in [0.25, 0.3) is 0 Å². The zero-order valence-corrected chi connectivity index (χ0v) is 14.0. The largest absolute Gasteiger partial charge is 0.298 e. The maximum absolute atomic E-state index is 11.5. The predicted octanol–water partition coefficient (Wildman–Crippen LogP) is 1.34. The first-order valence-electron chi connectivity index (χ1n) is 8.14. The number of nitrogens with zero attached hydrogens (tertiary/aromatic N) is 3. The van der Waals surface area contributed by atoms with Gasteiger partial charge in [-0.2, -0.15) is 0 Å². The van der Waals surface area contributed by atoms with Crippen LogP contribution in [-0.4, -0.2) is 66.9 Å². The number of hydrogen-bond acceptors (Lipinski definition) is 5. The van der Waals surface area contributed by atoms with Gasteiger partial charge in [-0.3, -0.25) is 14.8 Å². The Morgan fingerprint density at radius 1 is 1.14 bits per heavy atom. The van der Waals surface area contributed by atoms with E-state index in [1.54, 1.807) is 0 Å². The number of pyridine rings is 1. The molecule has 1 aromatic rings. The van der Waals surface area contributed by atoms with Gasteiger partial charge in [-0.25, -0.2) is 8.42 Å². The molecule has 2 aliphatic rings. The quantitative estimate of drug-likeness (QED) is 0.840. The second-order valence-electron chi connectivity index (χ2n) is 6.39. The molecule has 0 saturated carbocycles. The van der Waals surface area contributed by atoms with E-state index in [1.165, 1.54) is 0 Å². The van der Waals surface area contributed by atoms with Crippen LogP contribution in [0.4, 0.5) is 0 Å². The molecule has 5 nitrogen and oxygen atoms in total. The summed E-state index contributed by atoms with van der Waals surface area (Å²) in [4.78, 5) is 9.32. The lowest BCUT2D eigenvalue weighted by Crippen LogP contribution is -2.50. The van der Waals surface area contributed by atoms with Gasteiger partial charge >= 0.3 is 0 Å². The molecule has 3 rings (SSSR count). The predicted molar refractivity (Wildman–Crippen MR) is 87.5 cm³/mol. The second-order valence-corrected chi connectivity index (χ2v) is 8.69. The molecular formula is C16H25N3O2S. The lowest BCUT2D eigenvalue weighted by Gasteiger charge is -2.41. The molecule has 3 heterocycles. The molecule has 0 spiro atoms. The van der Waals surface area contributed by atoms with Crippen LogP contribution in [0.25, 0.3) is 0 Å². The topological polar surface area (TPSA) is 53.5 Å². The zero-order chi connectivity index (χ0) is 15.6. The molecule has 0 N–H and O–H groups in total. The first kappa shape index (κ1) is 15.9.